The van der Waals surface area contributed by atoms with Crippen molar-refractivity contribution in [3.05, 3.63) is 58.7 Å². The van der Waals surface area contributed by atoms with Crippen LogP contribution in [0, 0.1) is 0 Å². The van der Waals surface area contributed by atoms with Crippen LogP contribution < -0.4 is 11.5 Å². The molecule has 23 heavy (non-hydrogen) atoms. The maximum atomic E-state index is 6.26. The zero-order valence-corrected chi connectivity index (χ0v) is 13.1. The summed E-state index contributed by atoms with van der Waals surface area (Å²) in [4.78, 5) is 0. The summed E-state index contributed by atoms with van der Waals surface area (Å²) in [5.41, 5.74) is 18.9. The zero-order valence-electron chi connectivity index (χ0n) is 13.1. The number of nitrogen functional groups attached to an aromatic ring is 2. The van der Waals surface area contributed by atoms with Gasteiger partial charge in [0.15, 0.2) is 0 Å². The molecule has 2 aromatic carbocycles. The number of anilines is 2. The van der Waals surface area contributed by atoms with Crippen molar-refractivity contribution in [2.24, 2.45) is 0 Å². The first-order chi connectivity index (χ1) is 11.2. The second kappa shape index (κ2) is 5.87. The van der Waals surface area contributed by atoms with E-state index in [2.05, 4.69) is 18.2 Å². The predicted octanol–water partition coefficient (Wildman–Crippen LogP) is 2.32. The van der Waals surface area contributed by atoms with Gasteiger partial charge in [0.05, 0.1) is 25.4 Å². The van der Waals surface area contributed by atoms with Gasteiger partial charge in [0.25, 0.3) is 0 Å². The minimum atomic E-state index is 0.336. The van der Waals surface area contributed by atoms with E-state index < -0.39 is 0 Å². The van der Waals surface area contributed by atoms with Crippen LogP contribution in [0.15, 0.2) is 36.4 Å². The molecule has 0 amide bonds. The Morgan fingerprint density at radius 2 is 1.43 bits per heavy atom. The van der Waals surface area contributed by atoms with Gasteiger partial charge in [0, 0.05) is 24.2 Å². The van der Waals surface area contributed by atoms with Crippen molar-refractivity contribution in [1.29, 1.82) is 0 Å². The fourth-order valence-corrected chi connectivity index (χ4v) is 3.10. The minimum absolute atomic E-state index is 0.336. The summed E-state index contributed by atoms with van der Waals surface area (Å²) < 4.78 is 10.9. The molecular weight excluding hydrogens is 288 g/mol. The highest BCUT2D eigenvalue weighted by atomic mass is 16.6. The van der Waals surface area contributed by atoms with Crippen LogP contribution in [-0.4, -0.2) is 25.4 Å². The van der Waals surface area contributed by atoms with Gasteiger partial charge in [-0.05, 0) is 46.9 Å². The van der Waals surface area contributed by atoms with Gasteiger partial charge in [-0.25, -0.2) is 0 Å². The Balaban J connectivity index is 1.67. The molecule has 4 heteroatoms. The van der Waals surface area contributed by atoms with E-state index in [-0.39, 0.29) is 0 Å². The summed E-state index contributed by atoms with van der Waals surface area (Å²) in [7, 11) is 0. The van der Waals surface area contributed by atoms with E-state index in [1.165, 1.54) is 22.3 Å². The molecule has 0 saturated carbocycles. The predicted molar refractivity (Wildman–Crippen MR) is 91.4 cm³/mol. The number of hydrogen-bond donors (Lipinski definition) is 2. The average Bonchev–Trinajstić information content (AvgIpc) is 3.43. The molecule has 0 aliphatic carbocycles. The van der Waals surface area contributed by atoms with Gasteiger partial charge < -0.3 is 20.9 Å². The Labute approximate surface area is 136 Å². The molecule has 2 fully saturated rings. The lowest BCUT2D eigenvalue weighted by molar-refractivity contribution is 0.401. The maximum Gasteiger partial charge on any atom is 0.0851 e. The minimum Gasteiger partial charge on any atom is -0.399 e. The first kappa shape index (κ1) is 14.5. The largest absolute Gasteiger partial charge is 0.399 e. The highest BCUT2D eigenvalue weighted by Gasteiger charge is 2.29. The number of benzene rings is 2. The molecule has 0 aromatic heterocycles. The molecule has 2 heterocycles. The van der Waals surface area contributed by atoms with Crippen molar-refractivity contribution in [3.63, 3.8) is 0 Å². The van der Waals surface area contributed by atoms with Gasteiger partial charge in [0.2, 0.25) is 0 Å². The SMILES string of the molecule is Nc1ccc(Cc2ccc(N)c(CC3CO3)c2CC2CO2)cc1. The quantitative estimate of drug-likeness (QED) is 0.634. The third-order valence-electron chi connectivity index (χ3n) is 4.61. The van der Waals surface area contributed by atoms with Crippen molar-refractivity contribution >= 4 is 11.4 Å². The number of epoxide rings is 2. The van der Waals surface area contributed by atoms with E-state index in [1.54, 1.807) is 0 Å². The topological polar surface area (TPSA) is 77.1 Å². The molecular formula is C19H22N2O2. The van der Waals surface area contributed by atoms with Crippen LogP contribution in [0.5, 0.6) is 0 Å². The molecule has 0 radical (unpaired) electrons. The normalized spacial score (nSPS) is 22.1. The van der Waals surface area contributed by atoms with Gasteiger partial charge >= 0.3 is 0 Å². The van der Waals surface area contributed by atoms with Gasteiger partial charge in [-0.3, -0.25) is 0 Å². The smallest absolute Gasteiger partial charge is 0.0851 e. The Bertz CT molecular complexity index is 704. The number of rotatable bonds is 6. The first-order valence-corrected chi connectivity index (χ1v) is 8.16. The molecule has 0 spiro atoms. The van der Waals surface area contributed by atoms with Crippen molar-refractivity contribution in [2.45, 2.75) is 31.5 Å². The Hall–Kier alpha value is -2.04. The summed E-state index contributed by atoms with van der Waals surface area (Å²) in [6.45, 7) is 1.70. The number of hydrogen-bond acceptors (Lipinski definition) is 4. The molecule has 2 saturated heterocycles. The van der Waals surface area contributed by atoms with E-state index in [1.807, 2.05) is 18.2 Å². The second-order valence-corrected chi connectivity index (χ2v) is 6.51. The monoisotopic (exact) mass is 310 g/mol. The molecule has 2 atom stereocenters. The van der Waals surface area contributed by atoms with Crippen LogP contribution >= 0.6 is 0 Å². The van der Waals surface area contributed by atoms with Gasteiger partial charge in [-0.1, -0.05) is 18.2 Å². The highest BCUT2D eigenvalue weighted by Crippen LogP contribution is 2.31. The summed E-state index contributed by atoms with van der Waals surface area (Å²) in [5.74, 6) is 0. The third-order valence-corrected chi connectivity index (χ3v) is 4.61. The van der Waals surface area contributed by atoms with E-state index in [0.717, 1.165) is 43.9 Å². The Kier molecular flexibility index (Phi) is 3.71. The van der Waals surface area contributed by atoms with Crippen LogP contribution in [0.2, 0.25) is 0 Å². The number of ether oxygens (including phenoxy) is 2. The molecule has 2 aliphatic heterocycles. The molecule has 2 unspecified atom stereocenters. The second-order valence-electron chi connectivity index (χ2n) is 6.51. The van der Waals surface area contributed by atoms with Gasteiger partial charge in [0.1, 0.15) is 0 Å². The molecule has 4 N–H and O–H groups in total. The van der Waals surface area contributed by atoms with E-state index in [9.17, 15) is 0 Å². The lowest BCUT2D eigenvalue weighted by Crippen LogP contribution is -2.10. The van der Waals surface area contributed by atoms with Gasteiger partial charge in [-0.2, -0.15) is 0 Å². The third kappa shape index (κ3) is 3.49. The van der Waals surface area contributed by atoms with E-state index in [4.69, 9.17) is 20.9 Å². The number of nitrogens with two attached hydrogens (primary N) is 2. The molecule has 120 valence electrons. The molecule has 4 rings (SSSR count). The zero-order chi connectivity index (χ0) is 15.8. The fraction of sp³-hybridized carbons (Fsp3) is 0.368. The van der Waals surface area contributed by atoms with Crippen molar-refractivity contribution < 1.29 is 9.47 Å². The van der Waals surface area contributed by atoms with Crippen LogP contribution in [0.25, 0.3) is 0 Å². The van der Waals surface area contributed by atoms with Crippen molar-refractivity contribution in [3.8, 4) is 0 Å². The van der Waals surface area contributed by atoms with Crippen molar-refractivity contribution in [2.75, 3.05) is 24.7 Å². The first-order valence-electron chi connectivity index (χ1n) is 8.16. The summed E-state index contributed by atoms with van der Waals surface area (Å²) >= 11 is 0. The molecule has 2 aromatic rings. The molecule has 2 aliphatic rings. The van der Waals surface area contributed by atoms with Crippen LogP contribution in [0.1, 0.15) is 22.3 Å². The van der Waals surface area contributed by atoms with Gasteiger partial charge in [-0.15, -0.1) is 0 Å². The van der Waals surface area contributed by atoms with Crippen molar-refractivity contribution in [1.82, 2.24) is 0 Å². The lowest BCUT2D eigenvalue weighted by Gasteiger charge is -2.16. The van der Waals surface area contributed by atoms with Crippen LogP contribution in [0.4, 0.5) is 11.4 Å². The summed E-state index contributed by atoms with van der Waals surface area (Å²) in [6, 6.07) is 12.3. The average molecular weight is 310 g/mol. The summed E-state index contributed by atoms with van der Waals surface area (Å²) in [5, 5.41) is 0. The summed E-state index contributed by atoms with van der Waals surface area (Å²) in [6.07, 6.45) is 3.42. The highest BCUT2D eigenvalue weighted by molar-refractivity contribution is 5.56. The lowest BCUT2D eigenvalue weighted by atomic mass is 9.89. The molecule has 0 bridgehead atoms. The van der Waals surface area contributed by atoms with Crippen LogP contribution in [0.3, 0.4) is 0 Å². The fourth-order valence-electron chi connectivity index (χ4n) is 3.10. The Morgan fingerprint density at radius 1 is 0.826 bits per heavy atom. The standard InChI is InChI=1S/C19H22N2O2/c20-14-4-1-12(2-5-14)7-13-3-6-19(21)18(9-16-11-23-16)17(13)8-15-10-22-15/h1-6,15-16H,7-11,20-21H2. The maximum absolute atomic E-state index is 6.26. The van der Waals surface area contributed by atoms with Crippen LogP contribution in [-0.2, 0) is 28.7 Å². The molecule has 4 nitrogen and oxygen atoms in total. The van der Waals surface area contributed by atoms with E-state index in [0.29, 0.717) is 12.2 Å². The van der Waals surface area contributed by atoms with E-state index >= 15 is 0 Å². The Morgan fingerprint density at radius 3 is 2.04 bits per heavy atom.